The van der Waals surface area contributed by atoms with Crippen LogP contribution in [0.15, 0.2) is 47.3 Å². The lowest BCUT2D eigenvalue weighted by Crippen LogP contribution is -2.31. The number of carbonyl (C=O) groups is 2. The maximum absolute atomic E-state index is 12.5. The highest BCUT2D eigenvalue weighted by Crippen LogP contribution is 2.21. The second kappa shape index (κ2) is 7.59. The van der Waals surface area contributed by atoms with E-state index in [0.717, 1.165) is 5.56 Å². The predicted octanol–water partition coefficient (Wildman–Crippen LogP) is 3.07. The average molecular weight is 386 g/mol. The molecule has 0 spiro atoms. The Labute approximate surface area is 159 Å². The summed E-state index contributed by atoms with van der Waals surface area (Å²) in [5.74, 6) is -1.32. The molecule has 0 unspecified atom stereocenters. The van der Waals surface area contributed by atoms with E-state index in [4.69, 9.17) is 16.3 Å². The van der Waals surface area contributed by atoms with E-state index in [-0.39, 0.29) is 5.69 Å². The number of nitrogens with zero attached hydrogens (tertiary/aromatic N) is 1. The molecule has 3 rings (SSSR count). The molecule has 2 N–H and O–H groups in total. The molecule has 0 saturated heterocycles. The fraction of sp³-hybridized carbons (Fsp3) is 0.158. The van der Waals surface area contributed by atoms with Crippen LogP contribution >= 0.6 is 11.6 Å². The van der Waals surface area contributed by atoms with Gasteiger partial charge in [0, 0.05) is 16.1 Å². The highest BCUT2D eigenvalue weighted by atomic mass is 35.5. The Kier molecular flexibility index (Phi) is 5.23. The van der Waals surface area contributed by atoms with Crippen LogP contribution in [0.25, 0.3) is 10.8 Å². The van der Waals surface area contributed by atoms with Gasteiger partial charge in [0.15, 0.2) is 11.8 Å². The number of hydrogen-bond donors (Lipinski definition) is 2. The molecule has 0 radical (unpaired) electrons. The van der Waals surface area contributed by atoms with Gasteiger partial charge in [-0.05, 0) is 37.6 Å². The number of hydrogen-bond acceptors (Lipinski definition) is 5. The summed E-state index contributed by atoms with van der Waals surface area (Å²) in [6.07, 6.45) is -1.08. The van der Waals surface area contributed by atoms with Crippen LogP contribution in [0, 0.1) is 6.92 Å². The van der Waals surface area contributed by atoms with Crippen molar-refractivity contribution in [3.8, 4) is 0 Å². The first-order valence-electron chi connectivity index (χ1n) is 8.12. The smallest absolute Gasteiger partial charge is 0.360 e. The van der Waals surface area contributed by atoms with Crippen LogP contribution in [0.3, 0.4) is 0 Å². The van der Waals surface area contributed by atoms with Gasteiger partial charge < -0.3 is 10.1 Å². The van der Waals surface area contributed by atoms with Gasteiger partial charge in [-0.15, -0.1) is 0 Å². The molecule has 1 atom stereocenters. The molecular weight excluding hydrogens is 370 g/mol. The van der Waals surface area contributed by atoms with Gasteiger partial charge in [-0.3, -0.25) is 9.59 Å². The third kappa shape index (κ3) is 3.98. The Morgan fingerprint density at radius 3 is 2.63 bits per heavy atom. The number of anilines is 1. The third-order valence-corrected chi connectivity index (χ3v) is 4.24. The molecule has 0 saturated carbocycles. The summed E-state index contributed by atoms with van der Waals surface area (Å²) in [4.78, 5) is 36.6. The highest BCUT2D eigenvalue weighted by molar-refractivity contribution is 6.31. The Morgan fingerprint density at radius 2 is 1.89 bits per heavy atom. The lowest BCUT2D eigenvalue weighted by atomic mass is 10.1. The monoisotopic (exact) mass is 385 g/mol. The Hall–Kier alpha value is -3.19. The first kappa shape index (κ1) is 18.6. The Balaban J connectivity index is 1.78. The molecule has 3 aromatic rings. The van der Waals surface area contributed by atoms with Crippen molar-refractivity contribution in [3.05, 3.63) is 69.1 Å². The second-order valence-corrected chi connectivity index (χ2v) is 6.38. The van der Waals surface area contributed by atoms with Crippen LogP contribution in [0.5, 0.6) is 0 Å². The number of nitrogens with one attached hydrogen (secondary N) is 2. The summed E-state index contributed by atoms with van der Waals surface area (Å²) >= 11 is 5.94. The van der Waals surface area contributed by atoms with Gasteiger partial charge in [-0.25, -0.2) is 9.89 Å². The maximum atomic E-state index is 12.5. The maximum Gasteiger partial charge on any atom is 0.360 e. The topological polar surface area (TPSA) is 101 Å². The number of H-pyrrole nitrogens is 1. The number of aryl methyl sites for hydroxylation is 1. The molecule has 27 heavy (non-hydrogen) atoms. The Bertz CT molecular complexity index is 1090. The fourth-order valence-corrected chi connectivity index (χ4v) is 2.68. The minimum atomic E-state index is -1.08. The zero-order valence-corrected chi connectivity index (χ0v) is 15.3. The van der Waals surface area contributed by atoms with E-state index in [1.165, 1.54) is 6.92 Å². The number of fused-ring (bicyclic) bond motifs is 1. The summed E-state index contributed by atoms with van der Waals surface area (Å²) in [6, 6.07) is 11.6. The van der Waals surface area contributed by atoms with Crippen molar-refractivity contribution in [2.75, 3.05) is 5.32 Å². The van der Waals surface area contributed by atoms with Crippen molar-refractivity contribution in [1.82, 2.24) is 10.2 Å². The van der Waals surface area contributed by atoms with Crippen LogP contribution < -0.4 is 10.9 Å². The van der Waals surface area contributed by atoms with Crippen molar-refractivity contribution in [3.63, 3.8) is 0 Å². The minimum absolute atomic E-state index is 0.0659. The number of halogens is 1. The number of aromatic amines is 1. The SMILES string of the molecule is Cc1ccc(Cl)cc1NC(=O)[C@H](C)OC(=O)c1n[nH]c(=O)c2ccccc12. The lowest BCUT2D eigenvalue weighted by molar-refractivity contribution is -0.123. The lowest BCUT2D eigenvalue weighted by Gasteiger charge is -2.15. The second-order valence-electron chi connectivity index (χ2n) is 5.94. The van der Waals surface area contributed by atoms with Crippen LogP contribution in [-0.4, -0.2) is 28.2 Å². The van der Waals surface area contributed by atoms with Gasteiger partial charge in [0.2, 0.25) is 0 Å². The number of ether oxygens (including phenoxy) is 1. The number of rotatable bonds is 4. The van der Waals surface area contributed by atoms with Gasteiger partial charge in [0.05, 0.1) is 5.39 Å². The van der Waals surface area contributed by atoms with Gasteiger partial charge in [-0.1, -0.05) is 35.9 Å². The molecule has 0 aliphatic rings. The summed E-state index contributed by atoms with van der Waals surface area (Å²) < 4.78 is 5.22. The number of amides is 1. The number of carbonyl (C=O) groups excluding carboxylic acids is 2. The zero-order chi connectivity index (χ0) is 19.6. The summed E-state index contributed by atoms with van der Waals surface area (Å²) in [6.45, 7) is 3.26. The molecule has 1 amide bonds. The highest BCUT2D eigenvalue weighted by Gasteiger charge is 2.22. The molecule has 8 heteroatoms. The summed E-state index contributed by atoms with van der Waals surface area (Å²) in [5, 5.41) is 9.84. The number of esters is 1. The molecule has 0 bridgehead atoms. The van der Waals surface area contributed by atoms with E-state index in [0.29, 0.717) is 21.5 Å². The van der Waals surface area contributed by atoms with E-state index in [9.17, 15) is 14.4 Å². The predicted molar refractivity (Wildman–Crippen MR) is 102 cm³/mol. The molecule has 0 aliphatic heterocycles. The summed E-state index contributed by atoms with van der Waals surface area (Å²) in [5.41, 5.74) is 0.871. The largest absolute Gasteiger partial charge is 0.448 e. The van der Waals surface area contributed by atoms with Crippen LogP contribution in [0.4, 0.5) is 5.69 Å². The van der Waals surface area contributed by atoms with Crippen LogP contribution in [-0.2, 0) is 9.53 Å². The number of benzene rings is 2. The van der Waals surface area contributed by atoms with Crippen LogP contribution in [0.1, 0.15) is 23.0 Å². The van der Waals surface area contributed by atoms with Crippen molar-refractivity contribution in [2.45, 2.75) is 20.0 Å². The summed E-state index contributed by atoms with van der Waals surface area (Å²) in [7, 11) is 0. The van der Waals surface area contributed by atoms with E-state index in [2.05, 4.69) is 15.5 Å². The van der Waals surface area contributed by atoms with E-state index >= 15 is 0 Å². The molecular formula is C19H16ClN3O4. The molecule has 7 nitrogen and oxygen atoms in total. The third-order valence-electron chi connectivity index (χ3n) is 4.00. The van der Waals surface area contributed by atoms with Crippen LogP contribution in [0.2, 0.25) is 5.02 Å². The van der Waals surface area contributed by atoms with Crippen molar-refractivity contribution < 1.29 is 14.3 Å². The molecule has 0 aliphatic carbocycles. The minimum Gasteiger partial charge on any atom is -0.448 e. The van der Waals surface area contributed by atoms with E-state index in [1.54, 1.807) is 42.5 Å². The number of aromatic nitrogens is 2. The molecule has 1 aromatic heterocycles. The molecule has 138 valence electrons. The molecule has 1 heterocycles. The van der Waals surface area contributed by atoms with Crippen molar-refractivity contribution >= 4 is 39.9 Å². The average Bonchev–Trinajstić information content (AvgIpc) is 2.65. The molecule has 0 fully saturated rings. The van der Waals surface area contributed by atoms with E-state index < -0.39 is 23.5 Å². The van der Waals surface area contributed by atoms with Gasteiger partial charge >= 0.3 is 5.97 Å². The first-order valence-corrected chi connectivity index (χ1v) is 8.50. The van der Waals surface area contributed by atoms with Gasteiger partial charge in [0.25, 0.3) is 11.5 Å². The van der Waals surface area contributed by atoms with E-state index in [1.807, 2.05) is 6.92 Å². The van der Waals surface area contributed by atoms with Crippen molar-refractivity contribution in [2.24, 2.45) is 0 Å². The van der Waals surface area contributed by atoms with Gasteiger partial charge in [0.1, 0.15) is 0 Å². The normalized spacial score (nSPS) is 11.8. The van der Waals surface area contributed by atoms with Crippen molar-refractivity contribution in [1.29, 1.82) is 0 Å². The fourth-order valence-electron chi connectivity index (χ4n) is 2.50. The molecule has 2 aromatic carbocycles. The first-order chi connectivity index (χ1) is 12.9. The Morgan fingerprint density at radius 1 is 1.19 bits per heavy atom. The zero-order valence-electron chi connectivity index (χ0n) is 14.6. The standard InChI is InChI=1S/C19H16ClN3O4/c1-10-7-8-12(20)9-15(10)21-17(24)11(2)27-19(26)16-13-5-3-4-6-14(13)18(25)23-22-16/h3-9,11H,1-2H3,(H,21,24)(H,23,25)/t11-/m0/s1. The quantitative estimate of drug-likeness (QED) is 0.672. The van der Waals surface area contributed by atoms with Gasteiger partial charge in [-0.2, -0.15) is 5.10 Å².